The lowest BCUT2D eigenvalue weighted by Crippen LogP contribution is -2.33. The highest BCUT2D eigenvalue weighted by Gasteiger charge is 2.28. The standard InChI is InChI=1S/C31H31ClN2O6/c1-3-40-31(37)22-6-4-20(5-7-22)15-28(35)27(14-21-10-12-39-13-11-21)34-19-29(38-2)26(17-30(34)36)25-16-24(32)9-8-23(25)18-33/h4-9,16-17,19,21,27H,3,10-15H2,1-2H3. The molecule has 0 spiro atoms. The number of ketones is 1. The number of rotatable bonds is 10. The van der Waals surface area contributed by atoms with Crippen molar-refractivity contribution in [1.82, 2.24) is 4.57 Å². The van der Waals surface area contributed by atoms with E-state index in [9.17, 15) is 19.6 Å². The third-order valence-electron chi connectivity index (χ3n) is 7.10. The Morgan fingerprint density at radius 1 is 1.12 bits per heavy atom. The van der Waals surface area contributed by atoms with Gasteiger partial charge in [0.25, 0.3) is 5.56 Å². The number of nitriles is 1. The molecule has 8 nitrogen and oxygen atoms in total. The number of carbonyl (C=O) groups excluding carboxylic acids is 2. The molecular weight excluding hydrogens is 532 g/mol. The first kappa shape index (κ1) is 29.1. The highest BCUT2D eigenvalue weighted by molar-refractivity contribution is 6.31. The van der Waals surface area contributed by atoms with Gasteiger partial charge in [0.15, 0.2) is 5.78 Å². The molecule has 0 N–H and O–H groups in total. The summed E-state index contributed by atoms with van der Waals surface area (Å²) in [5.41, 5.74) is 2.00. The van der Waals surface area contributed by atoms with Crippen LogP contribution in [0.3, 0.4) is 0 Å². The van der Waals surface area contributed by atoms with Gasteiger partial charge < -0.3 is 18.8 Å². The fourth-order valence-electron chi connectivity index (χ4n) is 4.97. The van der Waals surface area contributed by atoms with Gasteiger partial charge in [0.2, 0.25) is 0 Å². The Morgan fingerprint density at radius 3 is 2.50 bits per heavy atom. The number of carbonyl (C=O) groups is 2. The highest BCUT2D eigenvalue weighted by atomic mass is 35.5. The van der Waals surface area contributed by atoms with Crippen LogP contribution in [0.4, 0.5) is 0 Å². The number of hydrogen-bond acceptors (Lipinski definition) is 7. The number of ether oxygens (including phenoxy) is 3. The zero-order valence-electron chi connectivity index (χ0n) is 22.5. The van der Waals surface area contributed by atoms with Crippen molar-refractivity contribution in [3.63, 3.8) is 0 Å². The van der Waals surface area contributed by atoms with E-state index in [0.717, 1.165) is 18.4 Å². The van der Waals surface area contributed by atoms with Gasteiger partial charge in [0.1, 0.15) is 5.75 Å². The van der Waals surface area contributed by atoms with Crippen molar-refractivity contribution >= 4 is 23.4 Å². The molecule has 1 atom stereocenters. The van der Waals surface area contributed by atoms with E-state index >= 15 is 0 Å². The Hall–Kier alpha value is -3.93. The Labute approximate surface area is 238 Å². The molecule has 1 aliphatic rings. The molecular formula is C31H31ClN2O6. The summed E-state index contributed by atoms with van der Waals surface area (Å²) in [6.07, 6.45) is 3.71. The number of esters is 1. The number of hydrogen-bond donors (Lipinski definition) is 0. The molecule has 2 heterocycles. The van der Waals surface area contributed by atoms with Crippen molar-refractivity contribution < 1.29 is 23.8 Å². The second kappa shape index (κ2) is 13.4. The van der Waals surface area contributed by atoms with Crippen LogP contribution in [0.15, 0.2) is 59.5 Å². The average Bonchev–Trinajstić information content (AvgIpc) is 2.97. The summed E-state index contributed by atoms with van der Waals surface area (Å²) < 4.78 is 17.6. The van der Waals surface area contributed by atoms with Crippen LogP contribution in [0.2, 0.25) is 5.02 Å². The van der Waals surface area contributed by atoms with E-state index in [4.69, 9.17) is 25.8 Å². The zero-order valence-corrected chi connectivity index (χ0v) is 23.3. The van der Waals surface area contributed by atoms with Gasteiger partial charge in [-0.15, -0.1) is 0 Å². The molecule has 9 heteroatoms. The first-order valence-corrected chi connectivity index (χ1v) is 13.6. The van der Waals surface area contributed by atoms with E-state index in [1.54, 1.807) is 55.6 Å². The lowest BCUT2D eigenvalue weighted by molar-refractivity contribution is -0.122. The predicted molar refractivity (Wildman–Crippen MR) is 151 cm³/mol. The van der Waals surface area contributed by atoms with Crippen molar-refractivity contribution in [3.05, 3.63) is 86.8 Å². The summed E-state index contributed by atoms with van der Waals surface area (Å²) in [6.45, 7) is 3.25. The van der Waals surface area contributed by atoms with Crippen LogP contribution in [0, 0.1) is 17.2 Å². The largest absolute Gasteiger partial charge is 0.495 e. The van der Waals surface area contributed by atoms with E-state index in [2.05, 4.69) is 6.07 Å². The Kier molecular flexibility index (Phi) is 9.75. The second-order valence-electron chi connectivity index (χ2n) is 9.67. The normalized spacial score (nSPS) is 14.2. The Bertz CT molecular complexity index is 1470. The van der Waals surface area contributed by atoms with Crippen LogP contribution in [0.25, 0.3) is 11.1 Å². The highest BCUT2D eigenvalue weighted by Crippen LogP contribution is 2.34. The summed E-state index contributed by atoms with van der Waals surface area (Å²) in [5.74, 6) is 0.00929. The average molecular weight is 563 g/mol. The quantitative estimate of drug-likeness (QED) is 0.305. The van der Waals surface area contributed by atoms with Crippen molar-refractivity contribution in [1.29, 1.82) is 5.26 Å². The fraction of sp³-hybridized carbons (Fsp3) is 0.355. The summed E-state index contributed by atoms with van der Waals surface area (Å²) >= 11 is 6.20. The molecule has 0 aliphatic carbocycles. The Balaban J connectivity index is 1.70. The SMILES string of the molecule is CCOC(=O)c1ccc(CC(=O)C(CC2CCOCC2)n2cc(OC)c(-c3cc(Cl)ccc3C#N)cc2=O)cc1. The molecule has 0 radical (unpaired) electrons. The number of pyridine rings is 1. The zero-order chi connectivity index (χ0) is 28.6. The summed E-state index contributed by atoms with van der Waals surface area (Å²) in [4.78, 5) is 39.3. The van der Waals surface area contributed by atoms with Crippen molar-refractivity contribution in [2.24, 2.45) is 5.92 Å². The number of Topliss-reactive ketones (excluding diaryl/α,β-unsaturated/α-hetero) is 1. The first-order valence-electron chi connectivity index (χ1n) is 13.2. The molecule has 1 saturated heterocycles. The third-order valence-corrected chi connectivity index (χ3v) is 7.34. The van der Waals surface area contributed by atoms with Crippen LogP contribution in [-0.4, -0.2) is 43.3 Å². The molecule has 1 unspecified atom stereocenters. The maximum absolute atomic E-state index is 13.8. The van der Waals surface area contributed by atoms with Crippen LogP contribution in [-0.2, 0) is 20.7 Å². The monoisotopic (exact) mass is 562 g/mol. The number of aromatic nitrogens is 1. The molecule has 0 bridgehead atoms. The van der Waals surface area contributed by atoms with Gasteiger partial charge in [-0.25, -0.2) is 4.79 Å². The minimum Gasteiger partial charge on any atom is -0.495 e. The van der Waals surface area contributed by atoms with Crippen LogP contribution < -0.4 is 10.3 Å². The molecule has 208 valence electrons. The summed E-state index contributed by atoms with van der Waals surface area (Å²) in [6, 6.07) is 14.3. The van der Waals surface area contributed by atoms with Gasteiger partial charge >= 0.3 is 5.97 Å². The lowest BCUT2D eigenvalue weighted by atomic mass is 9.89. The van der Waals surface area contributed by atoms with Gasteiger partial charge in [0, 0.05) is 41.9 Å². The molecule has 0 amide bonds. The molecule has 4 rings (SSSR count). The fourth-order valence-corrected chi connectivity index (χ4v) is 5.14. The molecule has 1 aliphatic heterocycles. The van der Waals surface area contributed by atoms with Crippen molar-refractivity contribution in [3.8, 4) is 22.9 Å². The minimum atomic E-state index is -0.738. The Morgan fingerprint density at radius 2 is 1.85 bits per heavy atom. The molecule has 40 heavy (non-hydrogen) atoms. The van der Waals surface area contributed by atoms with Gasteiger partial charge in [-0.1, -0.05) is 23.7 Å². The second-order valence-corrected chi connectivity index (χ2v) is 10.1. The van der Waals surface area contributed by atoms with Gasteiger partial charge in [-0.3, -0.25) is 9.59 Å². The third kappa shape index (κ3) is 6.79. The summed E-state index contributed by atoms with van der Waals surface area (Å²) in [5, 5.41) is 10.0. The molecule has 1 fully saturated rings. The van der Waals surface area contributed by atoms with E-state index < -0.39 is 12.0 Å². The molecule has 1 aromatic heterocycles. The van der Waals surface area contributed by atoms with Crippen molar-refractivity contribution in [2.45, 2.75) is 38.6 Å². The maximum Gasteiger partial charge on any atom is 0.338 e. The lowest BCUT2D eigenvalue weighted by Gasteiger charge is -2.28. The van der Waals surface area contributed by atoms with E-state index in [1.807, 2.05) is 0 Å². The van der Waals surface area contributed by atoms with Gasteiger partial charge in [-0.05, 0) is 68.0 Å². The van der Waals surface area contributed by atoms with Crippen LogP contribution in [0.1, 0.15) is 53.7 Å². The molecule has 2 aromatic carbocycles. The first-order chi connectivity index (χ1) is 19.3. The van der Waals surface area contributed by atoms with Crippen LogP contribution in [0.5, 0.6) is 5.75 Å². The molecule has 0 saturated carbocycles. The van der Waals surface area contributed by atoms with Gasteiger partial charge in [0.05, 0.1) is 43.2 Å². The van der Waals surface area contributed by atoms with E-state index in [1.165, 1.54) is 17.7 Å². The maximum atomic E-state index is 13.8. The summed E-state index contributed by atoms with van der Waals surface area (Å²) in [7, 11) is 1.48. The predicted octanol–water partition coefficient (Wildman–Crippen LogP) is 5.40. The smallest absolute Gasteiger partial charge is 0.338 e. The molecule has 3 aromatic rings. The number of nitrogens with zero attached hydrogens (tertiary/aromatic N) is 2. The van der Waals surface area contributed by atoms with E-state index in [-0.39, 0.29) is 30.3 Å². The minimum absolute atomic E-state index is 0.0837. The van der Waals surface area contributed by atoms with E-state index in [0.29, 0.717) is 52.7 Å². The number of benzene rings is 2. The van der Waals surface area contributed by atoms with Crippen LogP contribution >= 0.6 is 11.6 Å². The number of halogens is 1. The number of methoxy groups -OCH3 is 1. The topological polar surface area (TPSA) is 108 Å². The van der Waals surface area contributed by atoms with Gasteiger partial charge in [-0.2, -0.15) is 5.26 Å². The van der Waals surface area contributed by atoms with Crippen molar-refractivity contribution in [2.75, 3.05) is 26.9 Å².